The molecule has 0 N–H and O–H groups in total. The van der Waals surface area contributed by atoms with Gasteiger partial charge in [0.15, 0.2) is 11.5 Å². The molecule has 0 saturated carbocycles. The molecule has 3 aromatic rings. The number of rotatable bonds is 4. The van der Waals surface area contributed by atoms with E-state index in [1.807, 2.05) is 6.92 Å². The van der Waals surface area contributed by atoms with Crippen LogP contribution in [0, 0.1) is 0 Å². The van der Waals surface area contributed by atoms with Crippen molar-refractivity contribution in [2.75, 3.05) is 13.2 Å². The Balaban J connectivity index is 1.50. The summed E-state index contributed by atoms with van der Waals surface area (Å²) in [6.07, 6.45) is 0.724. The van der Waals surface area contributed by atoms with Gasteiger partial charge in [-0.1, -0.05) is 18.3 Å². The molecule has 0 saturated heterocycles. The molecule has 2 aromatic heterocycles. The molecule has 134 valence electrons. The molecule has 0 radical (unpaired) electrons. The quantitative estimate of drug-likeness (QED) is 0.644. The van der Waals surface area contributed by atoms with Crippen LogP contribution in [0.4, 0.5) is 0 Å². The van der Waals surface area contributed by atoms with Gasteiger partial charge in [-0.2, -0.15) is 9.61 Å². The zero-order valence-corrected chi connectivity index (χ0v) is 14.7. The largest absolute Gasteiger partial charge is 0.486 e. The Morgan fingerprint density at radius 3 is 2.88 bits per heavy atom. The van der Waals surface area contributed by atoms with E-state index < -0.39 is 5.97 Å². The smallest absolute Gasteiger partial charge is 0.338 e. The third-order valence-electron chi connectivity index (χ3n) is 3.77. The molecule has 1 aliphatic rings. The lowest BCUT2D eigenvalue weighted by Crippen LogP contribution is -2.17. The van der Waals surface area contributed by atoms with Crippen LogP contribution in [0.5, 0.6) is 11.5 Å². The number of fused-ring (bicyclic) bond motifs is 2. The fraction of sp³-hybridized carbons (Fsp3) is 0.294. The van der Waals surface area contributed by atoms with Crippen LogP contribution < -0.4 is 15.0 Å². The molecule has 1 aromatic carbocycles. The highest BCUT2D eigenvalue weighted by atomic mass is 32.1. The summed E-state index contributed by atoms with van der Waals surface area (Å²) in [5.41, 5.74) is 0.432. The lowest BCUT2D eigenvalue weighted by molar-refractivity contribution is 0.0466. The predicted molar refractivity (Wildman–Crippen MR) is 93.1 cm³/mol. The van der Waals surface area contributed by atoms with Crippen LogP contribution in [0.2, 0.25) is 0 Å². The monoisotopic (exact) mass is 373 g/mol. The fourth-order valence-electron chi connectivity index (χ4n) is 2.51. The number of ether oxygens (including phenoxy) is 3. The molecule has 0 spiro atoms. The molecule has 4 rings (SSSR count). The SMILES string of the molecule is CCc1nn2c(=O)cc(COC(=O)c3ccc4c(c3)OCCO4)nc2s1. The summed E-state index contributed by atoms with van der Waals surface area (Å²) in [5.74, 6) is 0.590. The molecule has 26 heavy (non-hydrogen) atoms. The summed E-state index contributed by atoms with van der Waals surface area (Å²) in [4.78, 5) is 29.2. The van der Waals surface area contributed by atoms with E-state index in [4.69, 9.17) is 14.2 Å². The van der Waals surface area contributed by atoms with Crippen molar-refractivity contribution in [3.05, 3.63) is 50.9 Å². The van der Waals surface area contributed by atoms with Gasteiger partial charge in [-0.25, -0.2) is 9.78 Å². The van der Waals surface area contributed by atoms with Crippen molar-refractivity contribution in [1.29, 1.82) is 0 Å². The maximum Gasteiger partial charge on any atom is 0.338 e. The number of carbonyl (C=O) groups excluding carboxylic acids is 1. The Hall–Kier alpha value is -2.94. The first-order valence-electron chi connectivity index (χ1n) is 8.09. The summed E-state index contributed by atoms with van der Waals surface area (Å²) in [7, 11) is 0. The average Bonchev–Trinajstić information content (AvgIpc) is 3.09. The first-order chi connectivity index (χ1) is 12.6. The first-order valence-corrected chi connectivity index (χ1v) is 8.91. The van der Waals surface area contributed by atoms with Crippen LogP contribution in [-0.4, -0.2) is 33.8 Å². The molecule has 0 amide bonds. The number of nitrogens with zero attached hydrogens (tertiary/aromatic N) is 3. The maximum atomic E-state index is 12.3. The Morgan fingerprint density at radius 2 is 2.08 bits per heavy atom. The topological polar surface area (TPSA) is 92.0 Å². The minimum atomic E-state index is -0.525. The molecule has 1 aliphatic heterocycles. The Kier molecular flexibility index (Phi) is 4.29. The zero-order valence-electron chi connectivity index (χ0n) is 13.9. The lowest BCUT2D eigenvalue weighted by atomic mass is 10.2. The van der Waals surface area contributed by atoms with Crippen molar-refractivity contribution in [2.24, 2.45) is 0 Å². The molecular formula is C17H15N3O5S. The molecular weight excluding hydrogens is 358 g/mol. The highest BCUT2D eigenvalue weighted by Crippen LogP contribution is 2.31. The number of benzene rings is 1. The van der Waals surface area contributed by atoms with Crippen LogP contribution in [0.3, 0.4) is 0 Å². The van der Waals surface area contributed by atoms with Gasteiger partial charge in [0.1, 0.15) is 24.8 Å². The molecule has 9 heteroatoms. The Morgan fingerprint density at radius 1 is 1.27 bits per heavy atom. The van der Waals surface area contributed by atoms with Crippen molar-refractivity contribution in [3.8, 4) is 11.5 Å². The summed E-state index contributed by atoms with van der Waals surface area (Å²) >= 11 is 1.34. The highest BCUT2D eigenvalue weighted by molar-refractivity contribution is 7.16. The van der Waals surface area contributed by atoms with E-state index in [9.17, 15) is 9.59 Å². The second-order valence-electron chi connectivity index (χ2n) is 5.56. The van der Waals surface area contributed by atoms with Crippen LogP contribution in [0.25, 0.3) is 4.96 Å². The van der Waals surface area contributed by atoms with E-state index in [0.717, 1.165) is 11.4 Å². The van der Waals surface area contributed by atoms with Crippen molar-refractivity contribution in [3.63, 3.8) is 0 Å². The normalized spacial score (nSPS) is 13.0. The van der Waals surface area contributed by atoms with Gasteiger partial charge in [0.05, 0.1) is 11.3 Å². The number of hydrogen-bond acceptors (Lipinski definition) is 8. The number of carbonyl (C=O) groups is 1. The van der Waals surface area contributed by atoms with E-state index in [2.05, 4.69) is 10.1 Å². The van der Waals surface area contributed by atoms with Gasteiger partial charge in [-0.15, -0.1) is 0 Å². The Labute approximate surface area is 152 Å². The minimum Gasteiger partial charge on any atom is -0.486 e. The predicted octanol–water partition coefficient (Wildman–Crippen LogP) is 1.84. The molecule has 3 heterocycles. The highest BCUT2D eigenvalue weighted by Gasteiger charge is 2.16. The van der Waals surface area contributed by atoms with Gasteiger partial charge in [-0.05, 0) is 24.6 Å². The van der Waals surface area contributed by atoms with E-state index in [1.54, 1.807) is 18.2 Å². The Bertz CT molecular complexity index is 1040. The van der Waals surface area contributed by atoms with Crippen LogP contribution in [0.15, 0.2) is 29.1 Å². The van der Waals surface area contributed by atoms with E-state index in [-0.39, 0.29) is 12.2 Å². The van der Waals surface area contributed by atoms with E-state index in [0.29, 0.717) is 40.9 Å². The average molecular weight is 373 g/mol. The fourth-order valence-corrected chi connectivity index (χ4v) is 3.36. The summed E-state index contributed by atoms with van der Waals surface area (Å²) in [6.45, 7) is 2.78. The third kappa shape index (κ3) is 3.13. The third-order valence-corrected chi connectivity index (χ3v) is 4.82. The maximum absolute atomic E-state index is 12.3. The minimum absolute atomic E-state index is 0.0988. The molecule has 0 bridgehead atoms. The molecule has 0 aliphatic carbocycles. The summed E-state index contributed by atoms with van der Waals surface area (Å²) in [6, 6.07) is 6.19. The molecule has 8 nitrogen and oxygen atoms in total. The summed E-state index contributed by atoms with van der Waals surface area (Å²) < 4.78 is 17.4. The van der Waals surface area contributed by atoms with Gasteiger partial charge in [0, 0.05) is 6.07 Å². The zero-order chi connectivity index (χ0) is 18.1. The van der Waals surface area contributed by atoms with Crippen molar-refractivity contribution in [1.82, 2.24) is 14.6 Å². The van der Waals surface area contributed by atoms with E-state index in [1.165, 1.54) is 21.9 Å². The number of aryl methyl sites for hydroxylation is 1. The molecule has 0 fully saturated rings. The molecule has 0 unspecified atom stereocenters. The number of hydrogen-bond donors (Lipinski definition) is 0. The van der Waals surface area contributed by atoms with Gasteiger partial charge in [0.25, 0.3) is 5.56 Å². The summed E-state index contributed by atoms with van der Waals surface area (Å²) in [5, 5.41) is 5.00. The second-order valence-corrected chi connectivity index (χ2v) is 6.60. The van der Waals surface area contributed by atoms with Gasteiger partial charge in [-0.3, -0.25) is 4.79 Å². The molecule has 0 atom stereocenters. The van der Waals surface area contributed by atoms with Crippen LogP contribution in [-0.2, 0) is 17.8 Å². The second kappa shape index (κ2) is 6.75. The first kappa shape index (κ1) is 16.5. The van der Waals surface area contributed by atoms with Gasteiger partial charge in [0.2, 0.25) is 4.96 Å². The van der Waals surface area contributed by atoms with Gasteiger partial charge >= 0.3 is 5.97 Å². The van der Waals surface area contributed by atoms with E-state index >= 15 is 0 Å². The van der Waals surface area contributed by atoms with Crippen molar-refractivity contribution >= 4 is 22.3 Å². The number of aromatic nitrogens is 3. The van der Waals surface area contributed by atoms with Crippen molar-refractivity contribution < 1.29 is 19.0 Å². The number of esters is 1. The van der Waals surface area contributed by atoms with Crippen LogP contribution in [0.1, 0.15) is 28.0 Å². The standard InChI is InChI=1S/C17H15N3O5S/c1-2-14-19-20-15(21)8-11(18-17(20)26-14)9-25-16(22)10-3-4-12-13(7-10)24-6-5-23-12/h3-4,7-8H,2,5-6,9H2,1H3. The lowest BCUT2D eigenvalue weighted by Gasteiger charge is -2.18. The van der Waals surface area contributed by atoms with Gasteiger partial charge < -0.3 is 14.2 Å². The van der Waals surface area contributed by atoms with Crippen LogP contribution >= 0.6 is 11.3 Å². The van der Waals surface area contributed by atoms with Crippen molar-refractivity contribution in [2.45, 2.75) is 20.0 Å².